The van der Waals surface area contributed by atoms with Crippen LogP contribution in [0.2, 0.25) is 0 Å². The van der Waals surface area contributed by atoms with Gasteiger partial charge in [0.25, 0.3) is 5.91 Å². The molecule has 0 spiro atoms. The minimum Gasteiger partial charge on any atom is -0.352 e. The molecule has 0 aliphatic rings. The lowest BCUT2D eigenvalue weighted by atomic mass is 10.2. The molecule has 3 rings (SSSR count). The number of aromatic nitrogens is 2. The number of aryl methyl sites for hydroxylation is 1. The van der Waals surface area contributed by atoms with Crippen LogP contribution in [0.25, 0.3) is 10.6 Å². The second-order valence-electron chi connectivity index (χ2n) is 5.57. The minimum atomic E-state index is -0.0239. The molecule has 2 heterocycles. The van der Waals surface area contributed by atoms with Crippen molar-refractivity contribution in [2.75, 3.05) is 12.3 Å². The molecule has 0 unspecified atom stereocenters. The molecule has 4 nitrogen and oxygen atoms in total. The SMILES string of the molecule is CCSc1ccccc1C(=O)NCCc1nc(-c2cccs2)cn1C. The van der Waals surface area contributed by atoms with E-state index >= 15 is 0 Å². The number of rotatable bonds is 7. The maximum Gasteiger partial charge on any atom is 0.252 e. The normalized spacial score (nSPS) is 10.8. The van der Waals surface area contributed by atoms with Gasteiger partial charge in [0.15, 0.2) is 0 Å². The zero-order valence-electron chi connectivity index (χ0n) is 14.4. The van der Waals surface area contributed by atoms with Crippen molar-refractivity contribution in [3.05, 3.63) is 59.4 Å². The molecule has 3 aromatic rings. The van der Waals surface area contributed by atoms with Gasteiger partial charge < -0.3 is 9.88 Å². The average Bonchev–Trinajstić information content (AvgIpc) is 3.26. The fourth-order valence-corrected chi connectivity index (χ4v) is 4.08. The zero-order chi connectivity index (χ0) is 17.6. The number of carbonyl (C=O) groups is 1. The van der Waals surface area contributed by atoms with Crippen molar-refractivity contribution in [2.24, 2.45) is 7.05 Å². The van der Waals surface area contributed by atoms with E-state index in [2.05, 4.69) is 28.7 Å². The van der Waals surface area contributed by atoms with Gasteiger partial charge in [-0.3, -0.25) is 4.79 Å². The monoisotopic (exact) mass is 371 g/mol. The first-order chi connectivity index (χ1) is 12.2. The molecule has 130 valence electrons. The van der Waals surface area contributed by atoms with Crippen LogP contribution in [0.5, 0.6) is 0 Å². The first-order valence-corrected chi connectivity index (χ1v) is 10.1. The van der Waals surface area contributed by atoms with Crippen LogP contribution >= 0.6 is 23.1 Å². The van der Waals surface area contributed by atoms with Crippen LogP contribution in [0.3, 0.4) is 0 Å². The quantitative estimate of drug-likeness (QED) is 0.632. The predicted molar refractivity (Wildman–Crippen MR) is 105 cm³/mol. The number of nitrogens with zero attached hydrogens (tertiary/aromatic N) is 2. The molecule has 0 aliphatic carbocycles. The van der Waals surface area contributed by atoms with E-state index in [0.717, 1.165) is 32.6 Å². The third-order valence-electron chi connectivity index (χ3n) is 3.81. The number of benzene rings is 1. The van der Waals surface area contributed by atoms with E-state index < -0.39 is 0 Å². The molecule has 0 saturated heterocycles. The zero-order valence-corrected chi connectivity index (χ0v) is 16.0. The van der Waals surface area contributed by atoms with Crippen molar-refractivity contribution in [3.8, 4) is 10.6 Å². The summed E-state index contributed by atoms with van der Waals surface area (Å²) in [5.74, 6) is 1.90. The summed E-state index contributed by atoms with van der Waals surface area (Å²) in [6.45, 7) is 2.66. The Labute approximate surface area is 156 Å². The Morgan fingerprint density at radius 3 is 2.88 bits per heavy atom. The van der Waals surface area contributed by atoms with Gasteiger partial charge in [-0.1, -0.05) is 25.1 Å². The Hall–Kier alpha value is -2.05. The molecule has 1 amide bonds. The standard InChI is InChI=1S/C19H21N3OS2/c1-3-24-16-8-5-4-7-14(16)19(23)20-11-10-18-21-15(13-22(18)2)17-9-6-12-25-17/h4-9,12-13H,3,10-11H2,1-2H3,(H,20,23). The van der Waals surface area contributed by atoms with Crippen LogP contribution in [0.15, 0.2) is 52.9 Å². The summed E-state index contributed by atoms with van der Waals surface area (Å²) in [4.78, 5) is 19.3. The fraction of sp³-hybridized carbons (Fsp3) is 0.263. The highest BCUT2D eigenvalue weighted by molar-refractivity contribution is 7.99. The lowest BCUT2D eigenvalue weighted by Crippen LogP contribution is -2.26. The maximum absolute atomic E-state index is 12.5. The second kappa shape index (κ2) is 8.36. The number of imidazole rings is 1. The Balaban J connectivity index is 1.61. The Kier molecular flexibility index (Phi) is 5.94. The topological polar surface area (TPSA) is 46.9 Å². The number of nitrogens with one attached hydrogen (secondary N) is 1. The third kappa shape index (κ3) is 4.32. The number of thiophene rings is 1. The van der Waals surface area contributed by atoms with Gasteiger partial charge in [-0.2, -0.15) is 0 Å². The number of thioether (sulfide) groups is 1. The molecule has 1 N–H and O–H groups in total. The van der Waals surface area contributed by atoms with Gasteiger partial charge in [0.1, 0.15) is 5.82 Å². The summed E-state index contributed by atoms with van der Waals surface area (Å²) in [7, 11) is 1.99. The van der Waals surface area contributed by atoms with Crippen LogP contribution in [-0.2, 0) is 13.5 Å². The molecule has 1 aromatic carbocycles. The summed E-state index contributed by atoms with van der Waals surface area (Å²) < 4.78 is 2.03. The van der Waals surface area contributed by atoms with Crippen LogP contribution in [0.1, 0.15) is 23.1 Å². The highest BCUT2D eigenvalue weighted by atomic mass is 32.2. The molecular weight excluding hydrogens is 350 g/mol. The van der Waals surface area contributed by atoms with Crippen molar-refractivity contribution in [1.29, 1.82) is 0 Å². The van der Waals surface area contributed by atoms with Crippen molar-refractivity contribution in [3.63, 3.8) is 0 Å². The van der Waals surface area contributed by atoms with Gasteiger partial charge in [-0.15, -0.1) is 23.1 Å². The van der Waals surface area contributed by atoms with Gasteiger partial charge in [-0.25, -0.2) is 4.98 Å². The van der Waals surface area contributed by atoms with Crippen molar-refractivity contribution in [2.45, 2.75) is 18.2 Å². The molecule has 0 saturated carbocycles. The van der Waals surface area contributed by atoms with E-state index in [1.807, 2.05) is 48.1 Å². The Morgan fingerprint density at radius 1 is 1.28 bits per heavy atom. The van der Waals surface area contributed by atoms with Crippen LogP contribution in [0, 0.1) is 0 Å². The van der Waals surface area contributed by atoms with Gasteiger partial charge in [0, 0.05) is 31.1 Å². The van der Waals surface area contributed by atoms with E-state index in [0.29, 0.717) is 13.0 Å². The van der Waals surface area contributed by atoms with Crippen LogP contribution < -0.4 is 5.32 Å². The number of carbonyl (C=O) groups excluding carboxylic acids is 1. The molecule has 6 heteroatoms. The van der Waals surface area contributed by atoms with E-state index in [-0.39, 0.29) is 5.91 Å². The van der Waals surface area contributed by atoms with E-state index in [1.165, 1.54) is 0 Å². The average molecular weight is 372 g/mol. The highest BCUT2D eigenvalue weighted by Crippen LogP contribution is 2.24. The number of hydrogen-bond acceptors (Lipinski definition) is 4. The van der Waals surface area contributed by atoms with Gasteiger partial charge >= 0.3 is 0 Å². The van der Waals surface area contributed by atoms with Crippen molar-refractivity contribution < 1.29 is 4.79 Å². The molecular formula is C19H21N3OS2. The van der Waals surface area contributed by atoms with E-state index in [4.69, 9.17) is 0 Å². The first-order valence-electron chi connectivity index (χ1n) is 8.25. The summed E-state index contributed by atoms with van der Waals surface area (Å²) >= 11 is 3.37. The highest BCUT2D eigenvalue weighted by Gasteiger charge is 2.12. The van der Waals surface area contributed by atoms with Gasteiger partial charge in [0.2, 0.25) is 0 Å². The van der Waals surface area contributed by atoms with Crippen molar-refractivity contribution in [1.82, 2.24) is 14.9 Å². The summed E-state index contributed by atoms with van der Waals surface area (Å²) in [5, 5.41) is 5.07. The smallest absolute Gasteiger partial charge is 0.252 e. The number of hydrogen-bond donors (Lipinski definition) is 1. The minimum absolute atomic E-state index is 0.0239. The molecule has 0 fully saturated rings. The predicted octanol–water partition coefficient (Wildman–Crippen LogP) is 4.23. The first kappa shape index (κ1) is 17.8. The van der Waals surface area contributed by atoms with Crippen LogP contribution in [0.4, 0.5) is 0 Å². The van der Waals surface area contributed by atoms with Gasteiger partial charge in [-0.05, 0) is 29.3 Å². The molecule has 0 atom stereocenters. The van der Waals surface area contributed by atoms with Crippen molar-refractivity contribution >= 4 is 29.0 Å². The molecule has 25 heavy (non-hydrogen) atoms. The largest absolute Gasteiger partial charge is 0.352 e. The molecule has 0 aliphatic heterocycles. The van der Waals surface area contributed by atoms with Crippen LogP contribution in [-0.4, -0.2) is 27.8 Å². The van der Waals surface area contributed by atoms with E-state index in [9.17, 15) is 4.79 Å². The molecule has 2 aromatic heterocycles. The molecule has 0 bridgehead atoms. The van der Waals surface area contributed by atoms with E-state index in [1.54, 1.807) is 23.1 Å². The second-order valence-corrected chi connectivity index (χ2v) is 7.82. The summed E-state index contributed by atoms with van der Waals surface area (Å²) in [6.07, 6.45) is 2.74. The number of amides is 1. The Bertz CT molecular complexity index is 840. The molecule has 0 radical (unpaired) electrons. The third-order valence-corrected chi connectivity index (χ3v) is 5.66. The Morgan fingerprint density at radius 2 is 2.12 bits per heavy atom. The lowest BCUT2D eigenvalue weighted by Gasteiger charge is -2.09. The summed E-state index contributed by atoms with van der Waals surface area (Å²) in [5.41, 5.74) is 1.73. The maximum atomic E-state index is 12.5. The fourth-order valence-electron chi connectivity index (χ4n) is 2.60. The summed E-state index contributed by atoms with van der Waals surface area (Å²) in [6, 6.07) is 11.8. The lowest BCUT2D eigenvalue weighted by molar-refractivity contribution is 0.0951. The van der Waals surface area contributed by atoms with Gasteiger partial charge in [0.05, 0.1) is 16.1 Å².